The second-order valence-electron chi connectivity index (χ2n) is 7.14. The van der Waals surface area contributed by atoms with E-state index < -0.39 is 0 Å². The van der Waals surface area contributed by atoms with Crippen LogP contribution in [0.3, 0.4) is 0 Å². The molecule has 0 spiro atoms. The van der Waals surface area contributed by atoms with Gasteiger partial charge in [-0.2, -0.15) is 20.5 Å². The maximum Gasteiger partial charge on any atom is 0.276 e. The Kier molecular flexibility index (Phi) is 4.21. The second-order valence-corrected chi connectivity index (χ2v) is 7.14. The average molecular weight is 330 g/mol. The van der Waals surface area contributed by atoms with Gasteiger partial charge in [0.25, 0.3) is 11.5 Å². The predicted molar refractivity (Wildman–Crippen MR) is 87.6 cm³/mol. The summed E-state index contributed by atoms with van der Waals surface area (Å²) in [4.78, 5) is 26.4. The quantitative estimate of drug-likeness (QED) is 0.904. The Morgan fingerprint density at radius 2 is 2.17 bits per heavy atom. The summed E-state index contributed by atoms with van der Waals surface area (Å²) in [7, 11) is 0. The molecule has 0 aliphatic carbocycles. The van der Waals surface area contributed by atoms with Gasteiger partial charge in [-0.15, -0.1) is 0 Å². The summed E-state index contributed by atoms with van der Waals surface area (Å²) in [5.74, 6) is -0.161. The normalized spacial score (nSPS) is 18.1. The summed E-state index contributed by atoms with van der Waals surface area (Å²) in [6.45, 7) is 7.22. The summed E-state index contributed by atoms with van der Waals surface area (Å²) in [6.07, 6.45) is 3.17. The zero-order chi connectivity index (χ0) is 17.3. The molecule has 128 valence electrons. The third-order valence-corrected chi connectivity index (χ3v) is 4.29. The summed E-state index contributed by atoms with van der Waals surface area (Å²) >= 11 is 0. The van der Waals surface area contributed by atoms with Crippen LogP contribution in [0, 0.1) is 0 Å². The molecule has 1 saturated heterocycles. The fourth-order valence-corrected chi connectivity index (χ4v) is 2.92. The van der Waals surface area contributed by atoms with E-state index in [1.807, 2.05) is 0 Å². The largest absolute Gasteiger partial charge is 0.332 e. The Bertz CT molecular complexity index is 775. The van der Waals surface area contributed by atoms with Gasteiger partial charge in [0, 0.05) is 18.0 Å². The van der Waals surface area contributed by atoms with Crippen LogP contribution >= 0.6 is 0 Å². The number of carbonyl (C=O) groups is 1. The van der Waals surface area contributed by atoms with Gasteiger partial charge >= 0.3 is 0 Å². The molecule has 1 fully saturated rings. The molecule has 1 amide bonds. The van der Waals surface area contributed by atoms with Gasteiger partial charge in [-0.1, -0.05) is 20.8 Å². The van der Waals surface area contributed by atoms with Crippen molar-refractivity contribution in [2.75, 3.05) is 6.54 Å². The first-order valence-corrected chi connectivity index (χ1v) is 8.11. The highest BCUT2D eigenvalue weighted by atomic mass is 16.2. The number of aromatic amines is 1. The molecule has 1 aliphatic heterocycles. The number of rotatable bonds is 3. The maximum absolute atomic E-state index is 12.5. The molecule has 24 heavy (non-hydrogen) atoms. The van der Waals surface area contributed by atoms with Gasteiger partial charge in [-0.05, 0) is 18.9 Å². The standard InChI is InChI=1S/C16H22N6O2/c1-16(2,3)13-6-7-14(23)22(19-13)10-11-5-4-8-21(11)15(24)12-9-17-20-18-12/h6-7,9,11H,4-5,8,10H2,1-3H3,(H,17,18,20). The van der Waals surface area contributed by atoms with E-state index in [1.165, 1.54) is 10.9 Å². The predicted octanol–water partition coefficient (Wildman–Crippen LogP) is 0.964. The number of amides is 1. The van der Waals surface area contributed by atoms with Gasteiger partial charge in [0.15, 0.2) is 5.69 Å². The van der Waals surface area contributed by atoms with Crippen molar-refractivity contribution in [3.05, 3.63) is 40.1 Å². The van der Waals surface area contributed by atoms with Crippen LogP contribution in [-0.4, -0.2) is 48.6 Å². The highest BCUT2D eigenvalue weighted by Gasteiger charge is 2.31. The Morgan fingerprint density at radius 3 is 2.83 bits per heavy atom. The molecule has 2 aromatic rings. The topological polar surface area (TPSA) is 96.8 Å². The molecular weight excluding hydrogens is 308 g/mol. The van der Waals surface area contributed by atoms with Crippen LogP contribution in [0.5, 0.6) is 0 Å². The summed E-state index contributed by atoms with van der Waals surface area (Å²) in [6, 6.07) is 3.26. The van der Waals surface area contributed by atoms with Crippen LogP contribution in [0.4, 0.5) is 0 Å². The highest BCUT2D eigenvalue weighted by molar-refractivity contribution is 5.92. The molecule has 2 aromatic heterocycles. The Morgan fingerprint density at radius 1 is 1.38 bits per heavy atom. The molecule has 0 aromatic carbocycles. The Labute approximate surface area is 139 Å². The first-order chi connectivity index (χ1) is 11.4. The lowest BCUT2D eigenvalue weighted by Gasteiger charge is -2.25. The van der Waals surface area contributed by atoms with E-state index in [4.69, 9.17) is 0 Å². The molecule has 8 heteroatoms. The molecule has 8 nitrogen and oxygen atoms in total. The Balaban J connectivity index is 1.82. The van der Waals surface area contributed by atoms with E-state index >= 15 is 0 Å². The van der Waals surface area contributed by atoms with Gasteiger partial charge in [0.1, 0.15) is 0 Å². The van der Waals surface area contributed by atoms with E-state index in [1.54, 1.807) is 17.0 Å². The van der Waals surface area contributed by atoms with Crippen molar-refractivity contribution in [1.82, 2.24) is 30.1 Å². The van der Waals surface area contributed by atoms with Crippen molar-refractivity contribution < 1.29 is 4.79 Å². The first-order valence-electron chi connectivity index (χ1n) is 8.11. The molecule has 1 N–H and O–H groups in total. The lowest BCUT2D eigenvalue weighted by molar-refractivity contribution is 0.0714. The van der Waals surface area contributed by atoms with E-state index in [0.717, 1.165) is 18.5 Å². The van der Waals surface area contributed by atoms with Crippen LogP contribution in [0.2, 0.25) is 0 Å². The van der Waals surface area contributed by atoms with Gasteiger partial charge in [0.05, 0.1) is 24.5 Å². The number of likely N-dealkylation sites (tertiary alicyclic amines) is 1. The number of hydrogen-bond donors (Lipinski definition) is 1. The van der Waals surface area contributed by atoms with Gasteiger partial charge in [-0.3, -0.25) is 9.59 Å². The minimum absolute atomic E-state index is 0.0605. The SMILES string of the molecule is CC(C)(C)c1ccc(=O)n(CC2CCCN2C(=O)c2cn[nH]n2)n1. The van der Waals surface area contributed by atoms with Crippen molar-refractivity contribution in [3.8, 4) is 0 Å². The van der Waals surface area contributed by atoms with Crippen molar-refractivity contribution in [3.63, 3.8) is 0 Å². The summed E-state index contributed by atoms with van der Waals surface area (Å²) < 4.78 is 1.47. The lowest BCUT2D eigenvalue weighted by atomic mass is 9.92. The zero-order valence-corrected chi connectivity index (χ0v) is 14.2. The zero-order valence-electron chi connectivity index (χ0n) is 14.2. The molecule has 1 atom stereocenters. The van der Waals surface area contributed by atoms with E-state index in [0.29, 0.717) is 18.8 Å². The van der Waals surface area contributed by atoms with Crippen LogP contribution in [0.25, 0.3) is 0 Å². The van der Waals surface area contributed by atoms with Crippen LogP contribution in [0.1, 0.15) is 49.8 Å². The van der Waals surface area contributed by atoms with Crippen molar-refractivity contribution in [2.45, 2.75) is 51.6 Å². The van der Waals surface area contributed by atoms with Crippen LogP contribution in [-0.2, 0) is 12.0 Å². The Hall–Kier alpha value is -2.51. The van der Waals surface area contributed by atoms with Crippen molar-refractivity contribution in [2.24, 2.45) is 0 Å². The van der Waals surface area contributed by atoms with E-state index in [2.05, 4.69) is 41.3 Å². The molecule has 0 saturated carbocycles. The minimum atomic E-state index is -0.161. The van der Waals surface area contributed by atoms with Gasteiger partial charge in [-0.25, -0.2) is 4.68 Å². The smallest absolute Gasteiger partial charge is 0.276 e. The van der Waals surface area contributed by atoms with E-state index in [-0.39, 0.29) is 22.9 Å². The summed E-state index contributed by atoms with van der Waals surface area (Å²) in [5, 5.41) is 14.5. The second kappa shape index (κ2) is 6.18. The molecular formula is C16H22N6O2. The van der Waals surface area contributed by atoms with E-state index in [9.17, 15) is 9.59 Å². The molecule has 0 bridgehead atoms. The third kappa shape index (κ3) is 3.22. The maximum atomic E-state index is 12.5. The highest BCUT2D eigenvalue weighted by Crippen LogP contribution is 2.21. The average Bonchev–Trinajstić information content (AvgIpc) is 3.19. The molecule has 3 heterocycles. The third-order valence-electron chi connectivity index (χ3n) is 4.29. The monoisotopic (exact) mass is 330 g/mol. The van der Waals surface area contributed by atoms with Crippen molar-refractivity contribution in [1.29, 1.82) is 0 Å². The lowest BCUT2D eigenvalue weighted by Crippen LogP contribution is -2.41. The molecule has 3 rings (SSSR count). The number of carbonyl (C=O) groups excluding carboxylic acids is 1. The van der Waals surface area contributed by atoms with Crippen LogP contribution in [0.15, 0.2) is 23.1 Å². The number of hydrogen-bond acceptors (Lipinski definition) is 5. The van der Waals surface area contributed by atoms with Gasteiger partial charge in [0.2, 0.25) is 0 Å². The van der Waals surface area contributed by atoms with Crippen molar-refractivity contribution >= 4 is 5.91 Å². The fourth-order valence-electron chi connectivity index (χ4n) is 2.92. The molecule has 0 radical (unpaired) electrons. The number of nitrogens with zero attached hydrogens (tertiary/aromatic N) is 5. The molecule has 1 unspecified atom stereocenters. The number of aromatic nitrogens is 5. The first kappa shape index (κ1) is 16.4. The molecule has 1 aliphatic rings. The van der Waals surface area contributed by atoms with Crippen LogP contribution < -0.4 is 5.56 Å². The number of nitrogens with one attached hydrogen (secondary N) is 1. The van der Waals surface area contributed by atoms with Gasteiger partial charge < -0.3 is 4.90 Å². The summed E-state index contributed by atoms with van der Waals surface area (Å²) in [5.41, 5.74) is 0.866. The number of H-pyrrole nitrogens is 1. The minimum Gasteiger partial charge on any atom is -0.332 e. The fraction of sp³-hybridized carbons (Fsp3) is 0.562.